The van der Waals surface area contributed by atoms with Gasteiger partial charge in [-0.25, -0.2) is 4.79 Å². The fraction of sp³-hybridized carbons (Fsp3) is 0.667. The Bertz CT molecular complexity index is 653. The van der Waals surface area contributed by atoms with E-state index < -0.39 is 12.1 Å². The molecule has 1 aromatic carbocycles. The van der Waals surface area contributed by atoms with Crippen LogP contribution >= 0.6 is 0 Å². The second-order valence-electron chi connectivity index (χ2n) is 9.84. The quantitative estimate of drug-likeness (QED) is 0.542. The molecule has 0 aromatic heterocycles. The Labute approximate surface area is 182 Å². The van der Waals surface area contributed by atoms with E-state index in [1.807, 2.05) is 65.0 Å². The van der Waals surface area contributed by atoms with Gasteiger partial charge in [-0.3, -0.25) is 4.79 Å². The number of nitrogens with one attached hydrogen (secondary N) is 2. The standard InChI is InChI=1S/C24H41N3O3/c1-17(2)13-14-27(23(30)26-24(5,6)7)16-21(28)20(25-22(29)18(3)4)15-19-11-9-8-10-12-19/h8-12,17-18,20-21,28H,13-16H2,1-7H3,(H,25,29)(H,26,30)/t20-,21?/m0/s1. The van der Waals surface area contributed by atoms with Crippen LogP contribution in [-0.4, -0.2) is 52.7 Å². The van der Waals surface area contributed by atoms with E-state index in [4.69, 9.17) is 0 Å². The highest BCUT2D eigenvalue weighted by atomic mass is 16.3. The van der Waals surface area contributed by atoms with E-state index in [1.165, 1.54) is 0 Å². The van der Waals surface area contributed by atoms with Gasteiger partial charge in [0.25, 0.3) is 0 Å². The van der Waals surface area contributed by atoms with E-state index in [0.717, 1.165) is 12.0 Å². The zero-order valence-electron chi connectivity index (χ0n) is 19.7. The highest BCUT2D eigenvalue weighted by molar-refractivity contribution is 5.78. The van der Waals surface area contributed by atoms with Gasteiger partial charge < -0.3 is 20.6 Å². The van der Waals surface area contributed by atoms with Crippen LogP contribution in [0, 0.1) is 11.8 Å². The highest BCUT2D eigenvalue weighted by Gasteiger charge is 2.28. The maximum atomic E-state index is 12.8. The van der Waals surface area contributed by atoms with Crippen molar-refractivity contribution in [2.45, 2.75) is 79.0 Å². The van der Waals surface area contributed by atoms with Gasteiger partial charge in [0, 0.05) is 18.0 Å². The Morgan fingerprint density at radius 2 is 1.67 bits per heavy atom. The van der Waals surface area contributed by atoms with Crippen LogP contribution in [0.1, 0.15) is 60.5 Å². The van der Waals surface area contributed by atoms with E-state index in [2.05, 4.69) is 24.5 Å². The molecule has 3 amide bonds. The predicted octanol–water partition coefficient (Wildman–Crippen LogP) is 3.59. The summed E-state index contributed by atoms with van der Waals surface area (Å²) in [6.45, 7) is 14.4. The molecule has 0 saturated heterocycles. The Kier molecular flexibility index (Phi) is 10.3. The van der Waals surface area contributed by atoms with Crippen molar-refractivity contribution in [3.63, 3.8) is 0 Å². The molecule has 0 saturated carbocycles. The summed E-state index contributed by atoms with van der Waals surface area (Å²) in [6, 6.07) is 9.09. The van der Waals surface area contributed by atoms with E-state index in [1.54, 1.807) is 4.90 Å². The van der Waals surface area contributed by atoms with E-state index in [-0.39, 0.29) is 29.9 Å². The molecular formula is C24H41N3O3. The lowest BCUT2D eigenvalue weighted by atomic mass is 9.99. The number of aliphatic hydroxyl groups excluding tert-OH is 1. The van der Waals surface area contributed by atoms with Crippen molar-refractivity contribution >= 4 is 11.9 Å². The lowest BCUT2D eigenvalue weighted by Gasteiger charge is -2.33. The first-order valence-electron chi connectivity index (χ1n) is 11.0. The number of aliphatic hydroxyl groups is 1. The lowest BCUT2D eigenvalue weighted by Crippen LogP contribution is -2.55. The van der Waals surface area contributed by atoms with Gasteiger partial charge >= 0.3 is 6.03 Å². The Morgan fingerprint density at radius 3 is 2.17 bits per heavy atom. The first-order chi connectivity index (χ1) is 13.9. The number of hydrogen-bond acceptors (Lipinski definition) is 3. The number of carbonyl (C=O) groups excluding carboxylic acids is 2. The van der Waals surface area contributed by atoms with Gasteiger partial charge in [-0.1, -0.05) is 58.0 Å². The van der Waals surface area contributed by atoms with Gasteiger partial charge in [-0.2, -0.15) is 0 Å². The van der Waals surface area contributed by atoms with Crippen molar-refractivity contribution in [1.29, 1.82) is 0 Å². The summed E-state index contributed by atoms with van der Waals surface area (Å²) >= 11 is 0. The van der Waals surface area contributed by atoms with Crippen molar-refractivity contribution in [2.24, 2.45) is 11.8 Å². The number of carbonyl (C=O) groups is 2. The number of amides is 3. The third-order valence-corrected chi connectivity index (χ3v) is 4.77. The van der Waals surface area contributed by atoms with Crippen LogP contribution in [0.25, 0.3) is 0 Å². The predicted molar refractivity (Wildman–Crippen MR) is 122 cm³/mol. The van der Waals surface area contributed by atoms with Gasteiger partial charge in [0.1, 0.15) is 0 Å². The van der Waals surface area contributed by atoms with Crippen LogP contribution in [0.15, 0.2) is 30.3 Å². The van der Waals surface area contributed by atoms with Crippen molar-refractivity contribution in [3.8, 4) is 0 Å². The van der Waals surface area contributed by atoms with Crippen molar-refractivity contribution in [2.75, 3.05) is 13.1 Å². The summed E-state index contributed by atoms with van der Waals surface area (Å²) in [7, 11) is 0. The number of hydrogen-bond donors (Lipinski definition) is 3. The summed E-state index contributed by atoms with van der Waals surface area (Å²) in [5, 5.41) is 17.0. The molecule has 0 aliphatic heterocycles. The van der Waals surface area contributed by atoms with E-state index in [9.17, 15) is 14.7 Å². The lowest BCUT2D eigenvalue weighted by molar-refractivity contribution is -0.125. The van der Waals surface area contributed by atoms with Crippen LogP contribution in [-0.2, 0) is 11.2 Å². The number of nitrogens with zero attached hydrogens (tertiary/aromatic N) is 1. The van der Waals surface area contributed by atoms with E-state index >= 15 is 0 Å². The van der Waals surface area contributed by atoms with Gasteiger partial charge in [0.15, 0.2) is 0 Å². The van der Waals surface area contributed by atoms with Gasteiger partial charge in [0.2, 0.25) is 5.91 Å². The third kappa shape index (κ3) is 10.1. The fourth-order valence-electron chi connectivity index (χ4n) is 2.94. The average Bonchev–Trinajstić information content (AvgIpc) is 2.63. The van der Waals surface area contributed by atoms with Crippen molar-refractivity contribution in [3.05, 3.63) is 35.9 Å². The largest absolute Gasteiger partial charge is 0.389 e. The van der Waals surface area contributed by atoms with E-state index in [0.29, 0.717) is 18.9 Å². The minimum absolute atomic E-state index is 0.108. The summed E-state index contributed by atoms with van der Waals surface area (Å²) < 4.78 is 0. The molecule has 1 rings (SSSR count). The molecule has 6 heteroatoms. The molecule has 0 radical (unpaired) electrons. The SMILES string of the molecule is CC(C)CCN(CC(O)[C@H](Cc1ccccc1)NC(=O)C(C)C)C(=O)NC(C)(C)C. The maximum absolute atomic E-state index is 12.8. The van der Waals surface area contributed by atoms with Crippen LogP contribution in [0.3, 0.4) is 0 Å². The minimum atomic E-state index is -0.884. The van der Waals surface area contributed by atoms with Crippen LogP contribution in [0.5, 0.6) is 0 Å². The molecule has 0 aliphatic rings. The first-order valence-corrected chi connectivity index (χ1v) is 11.0. The summed E-state index contributed by atoms with van der Waals surface area (Å²) in [4.78, 5) is 26.9. The second kappa shape index (κ2) is 11.9. The van der Waals surface area contributed by atoms with Crippen molar-refractivity contribution < 1.29 is 14.7 Å². The third-order valence-electron chi connectivity index (χ3n) is 4.77. The Balaban J connectivity index is 2.98. The van der Waals surface area contributed by atoms with Crippen LogP contribution < -0.4 is 10.6 Å². The molecule has 0 heterocycles. The molecule has 0 spiro atoms. The number of rotatable bonds is 10. The van der Waals surface area contributed by atoms with Gasteiger partial charge in [-0.15, -0.1) is 0 Å². The average molecular weight is 420 g/mol. The zero-order valence-corrected chi connectivity index (χ0v) is 19.7. The molecule has 1 aromatic rings. The normalized spacial score (nSPS) is 13.8. The van der Waals surface area contributed by atoms with Crippen LogP contribution in [0.4, 0.5) is 4.79 Å². The molecular weight excluding hydrogens is 378 g/mol. The minimum Gasteiger partial charge on any atom is -0.389 e. The molecule has 1 unspecified atom stereocenters. The maximum Gasteiger partial charge on any atom is 0.317 e. The first kappa shape index (κ1) is 26.0. The van der Waals surface area contributed by atoms with Crippen molar-refractivity contribution in [1.82, 2.24) is 15.5 Å². The fourth-order valence-corrected chi connectivity index (χ4v) is 2.94. The monoisotopic (exact) mass is 419 g/mol. The molecule has 30 heavy (non-hydrogen) atoms. The molecule has 170 valence electrons. The molecule has 0 bridgehead atoms. The number of urea groups is 1. The molecule has 2 atom stereocenters. The molecule has 0 fully saturated rings. The van der Waals surface area contributed by atoms with Gasteiger partial charge in [-0.05, 0) is 45.1 Å². The van der Waals surface area contributed by atoms with Crippen LogP contribution in [0.2, 0.25) is 0 Å². The smallest absolute Gasteiger partial charge is 0.317 e. The number of benzene rings is 1. The zero-order chi connectivity index (χ0) is 22.9. The summed E-state index contributed by atoms with van der Waals surface area (Å²) in [5.74, 6) is 0.146. The summed E-state index contributed by atoms with van der Waals surface area (Å²) in [6.07, 6.45) is 0.455. The second-order valence-corrected chi connectivity index (χ2v) is 9.84. The topological polar surface area (TPSA) is 81.7 Å². The van der Waals surface area contributed by atoms with Gasteiger partial charge in [0.05, 0.1) is 18.7 Å². The summed E-state index contributed by atoms with van der Waals surface area (Å²) in [5.41, 5.74) is 0.659. The molecule has 0 aliphatic carbocycles. The highest BCUT2D eigenvalue weighted by Crippen LogP contribution is 2.12. The molecule has 6 nitrogen and oxygen atoms in total. The Morgan fingerprint density at radius 1 is 1.07 bits per heavy atom. The molecule has 3 N–H and O–H groups in total. The Hall–Kier alpha value is -2.08.